The smallest absolute Gasteiger partial charge is 0.324 e. The lowest BCUT2D eigenvalue weighted by molar-refractivity contribution is -0.141. The maximum absolute atomic E-state index is 13.3. The maximum Gasteiger partial charge on any atom is 0.324 e. The number of unbranched alkanes of at least 4 members (excludes halogenated alkanes) is 15. The van der Waals surface area contributed by atoms with Crippen LogP contribution in [0.2, 0.25) is 0 Å². The van der Waals surface area contributed by atoms with Gasteiger partial charge in [0.15, 0.2) is 10.5 Å². The van der Waals surface area contributed by atoms with Gasteiger partial charge in [0.05, 0.1) is 25.0 Å². The molecule has 0 aliphatic carbocycles. The van der Waals surface area contributed by atoms with Crippen LogP contribution in [0.25, 0.3) is 0 Å². The first-order valence-corrected chi connectivity index (χ1v) is 23.8. The van der Waals surface area contributed by atoms with Crippen molar-refractivity contribution in [2.24, 2.45) is 0 Å². The molecule has 6 N–H and O–H groups in total. The Morgan fingerprint density at radius 3 is 1.02 bits per heavy atom. The van der Waals surface area contributed by atoms with E-state index in [9.17, 15) is 65.5 Å². The number of nitrogens with zero attached hydrogens (tertiary/aromatic N) is 3. The summed E-state index contributed by atoms with van der Waals surface area (Å²) >= 11 is 0. The first kappa shape index (κ1) is 54.6. The van der Waals surface area contributed by atoms with Gasteiger partial charge in [-0.05, 0) is 25.8 Å². The standard InChI is InChI=1S/C38H73N3O14S2/c1-4-7-10-13-16-19-22-39(27-31(42)29-40(23-20-17-14-11-8-5-2)35(44)25-33(37(46)47)56(50,51)52)28-32(43)30-41(24-21-18-15-12-9-6-3)36(45)26-34(38(48)49)57(53,54)55/h31-34,42-43H,4-30H2,1-3H3,(H,46,47)(H,48,49)(H,50,51,52)(H,53,54,55). The average molecular weight is 860 g/mol. The van der Waals surface area contributed by atoms with Crippen LogP contribution in [0.3, 0.4) is 0 Å². The van der Waals surface area contributed by atoms with E-state index in [1.807, 2.05) is 0 Å². The molecule has 0 fully saturated rings. The third-order valence-corrected chi connectivity index (χ3v) is 12.1. The van der Waals surface area contributed by atoms with Crippen molar-refractivity contribution in [3.63, 3.8) is 0 Å². The first-order chi connectivity index (χ1) is 26.8. The summed E-state index contributed by atoms with van der Waals surface area (Å²) in [6.07, 6.45) is 11.5. The van der Waals surface area contributed by atoms with E-state index < -0.39 is 79.5 Å². The number of aliphatic carboxylic acids is 2. The Morgan fingerprint density at radius 1 is 0.456 bits per heavy atom. The van der Waals surface area contributed by atoms with Crippen LogP contribution in [0.4, 0.5) is 0 Å². The van der Waals surface area contributed by atoms with Gasteiger partial charge in [-0.3, -0.25) is 33.2 Å². The Morgan fingerprint density at radius 2 is 0.737 bits per heavy atom. The van der Waals surface area contributed by atoms with E-state index in [-0.39, 0.29) is 39.3 Å². The van der Waals surface area contributed by atoms with Crippen LogP contribution < -0.4 is 0 Å². The molecule has 0 bridgehead atoms. The maximum atomic E-state index is 13.3. The van der Waals surface area contributed by atoms with E-state index in [4.69, 9.17) is 0 Å². The van der Waals surface area contributed by atoms with Crippen LogP contribution in [-0.4, -0.2) is 153 Å². The summed E-state index contributed by atoms with van der Waals surface area (Å²) < 4.78 is 65.9. The highest BCUT2D eigenvalue weighted by atomic mass is 32.2. The zero-order chi connectivity index (χ0) is 43.4. The van der Waals surface area contributed by atoms with E-state index in [0.717, 1.165) is 96.3 Å². The average Bonchev–Trinajstić information content (AvgIpc) is 3.11. The Balaban J connectivity index is 6.14. The van der Waals surface area contributed by atoms with Crippen molar-refractivity contribution in [3.8, 4) is 0 Å². The van der Waals surface area contributed by atoms with Crippen molar-refractivity contribution in [2.75, 3.05) is 45.8 Å². The second kappa shape index (κ2) is 30.6. The number of carboxylic acid groups (broad SMARTS) is 2. The molecule has 0 rings (SSSR count). The quantitative estimate of drug-likeness (QED) is 0.0377. The van der Waals surface area contributed by atoms with Crippen molar-refractivity contribution < 1.29 is 65.5 Å². The van der Waals surface area contributed by atoms with Gasteiger partial charge in [0.25, 0.3) is 20.2 Å². The SMILES string of the molecule is CCCCCCCCN(CC(O)CN(CCCCCCCC)C(=O)CC(C(=O)O)S(=O)(=O)O)CC(O)CN(CCCCCCCC)C(=O)CC(C(=O)O)S(=O)(=O)O. The summed E-state index contributed by atoms with van der Waals surface area (Å²) in [5, 5.41) is 36.6. The van der Waals surface area contributed by atoms with Gasteiger partial charge in [0.1, 0.15) is 0 Å². The highest BCUT2D eigenvalue weighted by Crippen LogP contribution is 2.15. The highest BCUT2D eigenvalue weighted by molar-refractivity contribution is 7.87. The normalized spacial score (nSPS) is 14.2. The van der Waals surface area contributed by atoms with Crippen molar-refractivity contribution in [1.82, 2.24) is 14.7 Å². The fraction of sp³-hybridized carbons (Fsp3) is 0.895. The molecule has 0 aliphatic rings. The Labute approximate surface area is 341 Å². The van der Waals surface area contributed by atoms with Gasteiger partial charge in [-0.1, -0.05) is 117 Å². The fourth-order valence-electron chi connectivity index (χ4n) is 6.61. The molecule has 2 amide bonds. The lowest BCUT2D eigenvalue weighted by Crippen LogP contribution is -2.48. The van der Waals surface area contributed by atoms with Crippen LogP contribution >= 0.6 is 0 Å². The van der Waals surface area contributed by atoms with Crippen LogP contribution in [0.5, 0.6) is 0 Å². The zero-order valence-electron chi connectivity index (χ0n) is 34.5. The van der Waals surface area contributed by atoms with Crippen molar-refractivity contribution in [3.05, 3.63) is 0 Å². The molecule has 0 aromatic heterocycles. The number of carbonyl (C=O) groups excluding carboxylic acids is 2. The summed E-state index contributed by atoms with van der Waals surface area (Å²) in [6, 6.07) is 0. The number of carbonyl (C=O) groups is 4. The fourth-order valence-corrected chi connectivity index (χ4v) is 7.83. The lowest BCUT2D eigenvalue weighted by Gasteiger charge is -2.32. The molecule has 0 heterocycles. The van der Waals surface area contributed by atoms with E-state index >= 15 is 0 Å². The van der Waals surface area contributed by atoms with Crippen LogP contribution in [0.15, 0.2) is 0 Å². The Kier molecular flexibility index (Phi) is 29.3. The summed E-state index contributed by atoms with van der Waals surface area (Å²) in [5.41, 5.74) is 0. The van der Waals surface area contributed by atoms with E-state index in [1.165, 1.54) is 9.80 Å². The molecule has 17 nitrogen and oxygen atoms in total. The number of carboxylic acids is 2. The number of aliphatic hydroxyl groups is 2. The molecule has 0 aliphatic heterocycles. The molecule has 4 unspecified atom stereocenters. The van der Waals surface area contributed by atoms with Crippen molar-refractivity contribution in [1.29, 1.82) is 0 Å². The van der Waals surface area contributed by atoms with Crippen molar-refractivity contribution in [2.45, 2.75) is 172 Å². The Bertz CT molecular complexity index is 1270. The van der Waals surface area contributed by atoms with Gasteiger partial charge in [-0.25, -0.2) is 0 Å². The van der Waals surface area contributed by atoms with Gasteiger partial charge < -0.3 is 30.2 Å². The predicted octanol–water partition coefficient (Wildman–Crippen LogP) is 4.21. The van der Waals surface area contributed by atoms with Gasteiger partial charge in [0.2, 0.25) is 11.8 Å². The highest BCUT2D eigenvalue weighted by Gasteiger charge is 2.36. The molecule has 19 heteroatoms. The third kappa shape index (κ3) is 26.3. The van der Waals surface area contributed by atoms with E-state index in [0.29, 0.717) is 25.8 Å². The van der Waals surface area contributed by atoms with Gasteiger partial charge in [-0.15, -0.1) is 0 Å². The predicted molar refractivity (Wildman–Crippen MR) is 217 cm³/mol. The molecule has 0 aromatic rings. The minimum atomic E-state index is -5.10. The van der Waals surface area contributed by atoms with E-state index in [2.05, 4.69) is 20.8 Å². The molecule has 57 heavy (non-hydrogen) atoms. The summed E-state index contributed by atoms with van der Waals surface area (Å²) in [4.78, 5) is 53.9. The number of amides is 2. The molecule has 336 valence electrons. The summed E-state index contributed by atoms with van der Waals surface area (Å²) in [7, 11) is -10.2. The van der Waals surface area contributed by atoms with Crippen molar-refractivity contribution >= 4 is 44.0 Å². The molecular formula is C38H73N3O14S2. The lowest BCUT2D eigenvalue weighted by atomic mass is 10.1. The molecule has 0 aromatic carbocycles. The van der Waals surface area contributed by atoms with Gasteiger partial charge in [0, 0.05) is 39.3 Å². The summed E-state index contributed by atoms with van der Waals surface area (Å²) in [5.74, 6) is -5.51. The second-order valence-corrected chi connectivity index (χ2v) is 18.3. The largest absolute Gasteiger partial charge is 0.480 e. The first-order valence-electron chi connectivity index (χ1n) is 20.8. The molecule has 4 atom stereocenters. The monoisotopic (exact) mass is 859 g/mol. The molecule has 0 radical (unpaired) electrons. The van der Waals surface area contributed by atoms with E-state index in [1.54, 1.807) is 4.90 Å². The van der Waals surface area contributed by atoms with Gasteiger partial charge in [-0.2, -0.15) is 16.8 Å². The third-order valence-electron chi connectivity index (χ3n) is 9.89. The number of aliphatic hydroxyl groups excluding tert-OH is 2. The van der Waals surface area contributed by atoms with Crippen LogP contribution in [0.1, 0.15) is 149 Å². The number of hydrogen-bond acceptors (Lipinski definition) is 11. The molecule has 0 saturated heterocycles. The minimum absolute atomic E-state index is 0.0673. The minimum Gasteiger partial charge on any atom is -0.480 e. The Hall–Kier alpha value is -2.42. The number of rotatable bonds is 37. The van der Waals surface area contributed by atoms with Crippen LogP contribution in [0, 0.1) is 0 Å². The molecule has 0 spiro atoms. The zero-order valence-corrected chi connectivity index (χ0v) is 36.1. The van der Waals surface area contributed by atoms with Crippen LogP contribution in [-0.2, 0) is 39.4 Å². The van der Waals surface area contributed by atoms with Gasteiger partial charge >= 0.3 is 11.9 Å². The summed E-state index contributed by atoms with van der Waals surface area (Å²) in [6.45, 7) is 6.15. The second-order valence-electron chi connectivity index (χ2n) is 15.1. The number of hydrogen-bond donors (Lipinski definition) is 6. The molecular weight excluding hydrogens is 787 g/mol. The topological polar surface area (TPSA) is 268 Å². The molecule has 0 saturated carbocycles.